The third-order valence-electron chi connectivity index (χ3n) is 6.77. The Bertz CT molecular complexity index is 1350. The lowest BCUT2D eigenvalue weighted by atomic mass is 9.98. The van der Waals surface area contributed by atoms with Gasteiger partial charge in [-0.1, -0.05) is 60.7 Å². The summed E-state index contributed by atoms with van der Waals surface area (Å²) in [6, 6.07) is 21.8. The number of ether oxygens (including phenoxy) is 4. The molecule has 9 heteroatoms. The number of esters is 1. The van der Waals surface area contributed by atoms with Crippen LogP contribution in [0.25, 0.3) is 11.1 Å². The molecule has 2 N–H and O–H groups in total. The van der Waals surface area contributed by atoms with E-state index in [1.165, 1.54) is 0 Å². The number of fused-ring (bicyclic) bond motifs is 3. The Morgan fingerprint density at radius 3 is 2.05 bits per heavy atom. The van der Waals surface area contributed by atoms with Gasteiger partial charge in [0.15, 0.2) is 6.04 Å². The van der Waals surface area contributed by atoms with Gasteiger partial charge in [-0.2, -0.15) is 0 Å². The van der Waals surface area contributed by atoms with Crippen LogP contribution >= 0.6 is 0 Å². The number of aliphatic carboxylic acids is 1. The molecule has 0 saturated carbocycles. The topological polar surface area (TPSA) is 120 Å². The number of alkyl carbamates (subject to hydrolysis) is 1. The van der Waals surface area contributed by atoms with Crippen molar-refractivity contribution in [2.45, 2.75) is 64.4 Å². The highest BCUT2D eigenvalue weighted by Crippen LogP contribution is 2.44. The van der Waals surface area contributed by atoms with E-state index in [9.17, 15) is 14.4 Å². The Kier molecular flexibility index (Phi) is 9.85. The molecule has 0 heterocycles. The second-order valence-corrected chi connectivity index (χ2v) is 11.1. The van der Waals surface area contributed by atoms with Crippen LogP contribution in [0, 0.1) is 0 Å². The summed E-state index contributed by atoms with van der Waals surface area (Å²) in [5.41, 5.74) is 4.54. The van der Waals surface area contributed by atoms with E-state index in [1.807, 2.05) is 57.2 Å². The molecule has 2 atom stereocenters. The van der Waals surface area contributed by atoms with Gasteiger partial charge in [-0.15, -0.1) is 0 Å². The van der Waals surface area contributed by atoms with Crippen LogP contribution in [0.3, 0.4) is 0 Å². The molecule has 1 amide bonds. The van der Waals surface area contributed by atoms with Gasteiger partial charge in [0.05, 0.1) is 24.7 Å². The fraction of sp³-hybridized carbons (Fsp3) is 0.364. The molecule has 0 radical (unpaired) electrons. The van der Waals surface area contributed by atoms with Crippen LogP contribution in [-0.4, -0.2) is 54.1 Å². The van der Waals surface area contributed by atoms with Gasteiger partial charge in [0.25, 0.3) is 0 Å². The first-order valence-electron chi connectivity index (χ1n) is 13.9. The van der Waals surface area contributed by atoms with Crippen molar-refractivity contribution in [3.63, 3.8) is 0 Å². The number of hydrogen-bond donors (Lipinski definition) is 2. The molecule has 1 aliphatic rings. The van der Waals surface area contributed by atoms with Crippen LogP contribution in [0.5, 0.6) is 5.75 Å². The van der Waals surface area contributed by atoms with Crippen LogP contribution in [0.1, 0.15) is 56.7 Å². The van der Waals surface area contributed by atoms with Crippen LogP contribution < -0.4 is 10.1 Å². The SMILES string of the molecule is CC(OC(C)(C)C)C(NC(=O)OCC1c2ccccc2-c2ccccc21)C(=O)OCc1ccc(OCCC(=O)O)cc1. The van der Waals surface area contributed by atoms with Gasteiger partial charge < -0.3 is 29.4 Å². The third-order valence-corrected chi connectivity index (χ3v) is 6.77. The van der Waals surface area contributed by atoms with E-state index in [2.05, 4.69) is 17.4 Å². The molecule has 3 aromatic rings. The van der Waals surface area contributed by atoms with E-state index >= 15 is 0 Å². The van der Waals surface area contributed by atoms with Crippen molar-refractivity contribution in [2.24, 2.45) is 0 Å². The monoisotopic (exact) mass is 575 g/mol. The maximum absolute atomic E-state index is 13.2. The lowest BCUT2D eigenvalue weighted by molar-refractivity contribution is -0.155. The van der Waals surface area contributed by atoms with Crippen LogP contribution in [-0.2, 0) is 30.4 Å². The lowest BCUT2D eigenvalue weighted by Crippen LogP contribution is -2.51. The first-order chi connectivity index (χ1) is 20.0. The number of carboxylic acid groups (broad SMARTS) is 1. The number of carbonyl (C=O) groups is 3. The number of hydrogen-bond acceptors (Lipinski definition) is 7. The predicted molar refractivity (Wildman–Crippen MR) is 156 cm³/mol. The molecule has 0 spiro atoms. The van der Waals surface area contributed by atoms with Crippen LogP contribution in [0.15, 0.2) is 72.8 Å². The van der Waals surface area contributed by atoms with Crippen molar-refractivity contribution >= 4 is 18.0 Å². The van der Waals surface area contributed by atoms with E-state index in [0.29, 0.717) is 11.3 Å². The Labute approximate surface area is 245 Å². The van der Waals surface area contributed by atoms with Gasteiger partial charge in [-0.05, 0) is 67.6 Å². The third kappa shape index (κ3) is 8.10. The quantitative estimate of drug-likeness (QED) is 0.264. The van der Waals surface area contributed by atoms with Crippen molar-refractivity contribution < 1.29 is 38.4 Å². The second kappa shape index (κ2) is 13.5. The molecule has 1 aliphatic carbocycles. The normalized spacial score (nSPS) is 13.8. The number of rotatable bonds is 12. The summed E-state index contributed by atoms with van der Waals surface area (Å²) >= 11 is 0. The number of carboxylic acids is 1. The van der Waals surface area contributed by atoms with E-state index < -0.39 is 35.8 Å². The zero-order valence-electron chi connectivity index (χ0n) is 24.3. The minimum Gasteiger partial charge on any atom is -0.493 e. The molecule has 0 aliphatic heterocycles. The molecule has 0 saturated heterocycles. The summed E-state index contributed by atoms with van der Waals surface area (Å²) in [4.78, 5) is 36.8. The Morgan fingerprint density at radius 2 is 1.48 bits per heavy atom. The second-order valence-electron chi connectivity index (χ2n) is 11.1. The van der Waals surface area contributed by atoms with Crippen molar-refractivity contribution in [1.29, 1.82) is 0 Å². The van der Waals surface area contributed by atoms with Crippen molar-refractivity contribution in [1.82, 2.24) is 5.32 Å². The number of nitrogens with one attached hydrogen (secondary N) is 1. The Balaban J connectivity index is 1.38. The molecule has 3 aromatic carbocycles. The minimum atomic E-state index is -1.11. The summed E-state index contributed by atoms with van der Waals surface area (Å²) in [5.74, 6) is -1.22. The highest BCUT2D eigenvalue weighted by Gasteiger charge is 2.34. The Hall–Kier alpha value is -4.37. The lowest BCUT2D eigenvalue weighted by Gasteiger charge is -2.30. The molecule has 42 heavy (non-hydrogen) atoms. The van der Waals surface area contributed by atoms with Crippen LogP contribution in [0.4, 0.5) is 4.79 Å². The summed E-state index contributed by atoms with van der Waals surface area (Å²) in [7, 11) is 0. The Morgan fingerprint density at radius 1 is 0.881 bits per heavy atom. The molecule has 0 aromatic heterocycles. The average Bonchev–Trinajstić information content (AvgIpc) is 3.26. The first-order valence-corrected chi connectivity index (χ1v) is 13.9. The highest BCUT2D eigenvalue weighted by atomic mass is 16.6. The maximum Gasteiger partial charge on any atom is 0.407 e. The number of carbonyl (C=O) groups excluding carboxylic acids is 2. The highest BCUT2D eigenvalue weighted by molar-refractivity contribution is 5.82. The van der Waals surface area contributed by atoms with Crippen LogP contribution in [0.2, 0.25) is 0 Å². The molecule has 4 rings (SSSR count). The smallest absolute Gasteiger partial charge is 0.407 e. The van der Waals surface area contributed by atoms with Crippen molar-refractivity contribution in [3.8, 4) is 16.9 Å². The standard InChI is InChI=1S/C33H37NO8/c1-21(42-33(2,3)4)30(31(37)40-19-22-13-15-23(16-14-22)39-18-17-29(35)36)34-32(38)41-20-28-26-11-7-5-9-24(26)25-10-6-8-12-27(25)28/h5-16,21,28,30H,17-20H2,1-4H3,(H,34,38)(H,35,36). The molecule has 222 valence electrons. The fourth-order valence-corrected chi connectivity index (χ4v) is 4.94. The van der Waals surface area contributed by atoms with Gasteiger partial charge in [0.2, 0.25) is 0 Å². The minimum absolute atomic E-state index is 0.0423. The first kappa shape index (κ1) is 30.6. The summed E-state index contributed by atoms with van der Waals surface area (Å²) in [6.07, 6.45) is -1.55. The summed E-state index contributed by atoms with van der Waals surface area (Å²) in [6.45, 7) is 7.40. The summed E-state index contributed by atoms with van der Waals surface area (Å²) in [5, 5.41) is 11.4. The van der Waals surface area contributed by atoms with Crippen molar-refractivity contribution in [3.05, 3.63) is 89.5 Å². The zero-order chi connectivity index (χ0) is 30.3. The molecule has 0 fully saturated rings. The molecule has 9 nitrogen and oxygen atoms in total. The molecular weight excluding hydrogens is 538 g/mol. The number of benzene rings is 3. The number of amides is 1. The van der Waals surface area contributed by atoms with Crippen molar-refractivity contribution in [2.75, 3.05) is 13.2 Å². The molecular formula is C33H37NO8. The van der Waals surface area contributed by atoms with E-state index in [0.717, 1.165) is 22.3 Å². The van der Waals surface area contributed by atoms with Gasteiger partial charge in [-0.3, -0.25) is 4.79 Å². The van der Waals surface area contributed by atoms with E-state index in [4.69, 9.17) is 24.1 Å². The van der Waals surface area contributed by atoms with Gasteiger partial charge >= 0.3 is 18.0 Å². The summed E-state index contributed by atoms with van der Waals surface area (Å²) < 4.78 is 22.6. The largest absolute Gasteiger partial charge is 0.493 e. The van der Waals surface area contributed by atoms with E-state index in [1.54, 1.807) is 31.2 Å². The fourth-order valence-electron chi connectivity index (χ4n) is 4.94. The zero-order valence-corrected chi connectivity index (χ0v) is 24.3. The van der Waals surface area contributed by atoms with Gasteiger partial charge in [0, 0.05) is 5.92 Å². The predicted octanol–water partition coefficient (Wildman–Crippen LogP) is 5.69. The molecule has 0 bridgehead atoms. The molecule has 2 unspecified atom stereocenters. The van der Waals surface area contributed by atoms with Gasteiger partial charge in [0.1, 0.15) is 19.0 Å². The average molecular weight is 576 g/mol. The van der Waals surface area contributed by atoms with E-state index in [-0.39, 0.29) is 32.2 Å². The van der Waals surface area contributed by atoms with Gasteiger partial charge in [-0.25, -0.2) is 9.59 Å². The maximum atomic E-state index is 13.2.